The molecule has 0 aromatic heterocycles. The van der Waals surface area contributed by atoms with Crippen molar-refractivity contribution in [1.82, 2.24) is 15.1 Å². The molecule has 0 aliphatic carbocycles. The summed E-state index contributed by atoms with van der Waals surface area (Å²) in [5, 5.41) is 2.47. The average Bonchev–Trinajstić information content (AvgIpc) is 2.81. The van der Waals surface area contributed by atoms with E-state index in [1.54, 1.807) is 37.7 Å². The summed E-state index contributed by atoms with van der Waals surface area (Å²) >= 11 is 0. The zero-order valence-corrected chi connectivity index (χ0v) is 16.2. The van der Waals surface area contributed by atoms with E-state index in [1.165, 1.54) is 0 Å². The molecule has 9 nitrogen and oxygen atoms in total. The Morgan fingerprint density at radius 2 is 1.58 bits per heavy atom. The van der Waals surface area contributed by atoms with Crippen molar-refractivity contribution in [3.8, 4) is 0 Å². The van der Waals surface area contributed by atoms with Crippen molar-refractivity contribution >= 4 is 17.9 Å². The van der Waals surface area contributed by atoms with E-state index in [0.29, 0.717) is 45.8 Å². The highest BCUT2D eigenvalue weighted by Gasteiger charge is 2.23. The summed E-state index contributed by atoms with van der Waals surface area (Å²) in [5.74, 6) is -0.288. The molecule has 0 spiro atoms. The van der Waals surface area contributed by atoms with Crippen LogP contribution in [0.2, 0.25) is 0 Å². The maximum Gasteiger partial charge on any atom is 0.408 e. The molecule has 9 heteroatoms. The van der Waals surface area contributed by atoms with Gasteiger partial charge < -0.3 is 29.3 Å². The van der Waals surface area contributed by atoms with E-state index in [9.17, 15) is 14.4 Å². The molecule has 1 aliphatic rings. The van der Waals surface area contributed by atoms with Gasteiger partial charge in [0.2, 0.25) is 11.8 Å². The summed E-state index contributed by atoms with van der Waals surface area (Å²) < 4.78 is 15.2. The molecule has 1 heterocycles. The van der Waals surface area contributed by atoms with Crippen LogP contribution in [0, 0.1) is 0 Å². The molecule has 1 aliphatic heterocycles. The molecule has 1 fully saturated rings. The van der Waals surface area contributed by atoms with Gasteiger partial charge in [0.25, 0.3) is 0 Å². The van der Waals surface area contributed by atoms with Gasteiger partial charge in [-0.3, -0.25) is 9.59 Å². The molecule has 0 radical (unpaired) electrons. The molecule has 1 N–H and O–H groups in total. The van der Waals surface area contributed by atoms with Gasteiger partial charge in [-0.1, -0.05) is 0 Å². The second-order valence-corrected chi connectivity index (χ2v) is 7.02. The summed E-state index contributed by atoms with van der Waals surface area (Å²) in [6.45, 7) is 7.98. The van der Waals surface area contributed by atoms with Gasteiger partial charge >= 0.3 is 6.09 Å². The van der Waals surface area contributed by atoms with Crippen LogP contribution in [0.25, 0.3) is 0 Å². The number of amides is 3. The van der Waals surface area contributed by atoms with Crippen LogP contribution in [0.3, 0.4) is 0 Å². The van der Waals surface area contributed by atoms with Gasteiger partial charge in [0, 0.05) is 33.3 Å². The van der Waals surface area contributed by atoms with Crippen molar-refractivity contribution in [3.05, 3.63) is 0 Å². The largest absolute Gasteiger partial charge is 0.444 e. The van der Waals surface area contributed by atoms with Crippen LogP contribution in [-0.2, 0) is 23.8 Å². The zero-order chi connectivity index (χ0) is 19.6. The zero-order valence-electron chi connectivity index (χ0n) is 16.2. The van der Waals surface area contributed by atoms with Gasteiger partial charge in [-0.2, -0.15) is 0 Å². The number of alkyl carbamates (subject to hydrolysis) is 1. The first-order valence-electron chi connectivity index (χ1n) is 8.82. The number of hydrogen-bond acceptors (Lipinski definition) is 6. The molecular weight excluding hydrogens is 342 g/mol. The van der Waals surface area contributed by atoms with Gasteiger partial charge in [-0.25, -0.2) is 4.79 Å². The fourth-order valence-electron chi connectivity index (χ4n) is 2.38. The van der Waals surface area contributed by atoms with E-state index in [4.69, 9.17) is 14.2 Å². The molecule has 0 saturated carbocycles. The molecule has 1 saturated heterocycles. The third-order valence-electron chi connectivity index (χ3n) is 3.64. The molecule has 0 atom stereocenters. The topological polar surface area (TPSA) is 97.4 Å². The SMILES string of the molecule is COCCOCC(=O)N1CCCN(C(=O)CNC(=O)OC(C)(C)C)CC1. The number of hydrogen-bond donors (Lipinski definition) is 1. The summed E-state index contributed by atoms with van der Waals surface area (Å²) in [7, 11) is 1.57. The Kier molecular flexibility index (Phi) is 9.36. The number of nitrogens with zero attached hydrogens (tertiary/aromatic N) is 2. The third-order valence-corrected chi connectivity index (χ3v) is 3.64. The number of ether oxygens (including phenoxy) is 3. The Hall–Kier alpha value is -1.87. The Bertz CT molecular complexity index is 478. The molecule has 26 heavy (non-hydrogen) atoms. The quantitative estimate of drug-likeness (QED) is 0.642. The van der Waals surface area contributed by atoms with E-state index in [-0.39, 0.29) is 25.0 Å². The lowest BCUT2D eigenvalue weighted by molar-refractivity contribution is -0.137. The minimum absolute atomic E-state index is 0.0114. The van der Waals surface area contributed by atoms with Crippen LogP contribution in [-0.4, -0.2) is 93.0 Å². The van der Waals surface area contributed by atoms with Crippen molar-refractivity contribution in [2.75, 3.05) is 59.7 Å². The van der Waals surface area contributed by atoms with Crippen LogP contribution in [0.4, 0.5) is 4.79 Å². The number of rotatable bonds is 7. The highest BCUT2D eigenvalue weighted by atomic mass is 16.6. The molecule has 3 amide bonds. The second-order valence-electron chi connectivity index (χ2n) is 7.02. The lowest BCUT2D eigenvalue weighted by atomic mass is 10.2. The Morgan fingerprint density at radius 3 is 2.15 bits per heavy atom. The standard InChI is InChI=1S/C17H31N3O6/c1-17(2,3)26-16(23)18-12-14(21)19-6-5-7-20(9-8-19)15(22)13-25-11-10-24-4/h5-13H2,1-4H3,(H,18,23). The van der Waals surface area contributed by atoms with Crippen molar-refractivity contribution in [1.29, 1.82) is 0 Å². The van der Waals surface area contributed by atoms with Crippen molar-refractivity contribution in [3.63, 3.8) is 0 Å². The van der Waals surface area contributed by atoms with Gasteiger partial charge in [0.15, 0.2) is 0 Å². The minimum Gasteiger partial charge on any atom is -0.444 e. The fourth-order valence-corrected chi connectivity index (χ4v) is 2.38. The van der Waals surface area contributed by atoms with Crippen LogP contribution < -0.4 is 5.32 Å². The first-order chi connectivity index (χ1) is 12.2. The van der Waals surface area contributed by atoms with Crippen LogP contribution >= 0.6 is 0 Å². The smallest absolute Gasteiger partial charge is 0.408 e. The number of nitrogens with one attached hydrogen (secondary N) is 1. The predicted molar refractivity (Wildman–Crippen MR) is 94.7 cm³/mol. The van der Waals surface area contributed by atoms with Crippen molar-refractivity contribution < 1.29 is 28.6 Å². The first-order valence-corrected chi connectivity index (χ1v) is 8.82. The maximum absolute atomic E-state index is 12.3. The van der Waals surface area contributed by atoms with Crippen LogP contribution in [0.15, 0.2) is 0 Å². The van der Waals surface area contributed by atoms with E-state index in [0.717, 1.165) is 0 Å². The monoisotopic (exact) mass is 373 g/mol. The Labute approximate surface area is 154 Å². The van der Waals surface area contributed by atoms with E-state index in [1.807, 2.05) is 0 Å². The van der Waals surface area contributed by atoms with Gasteiger partial charge in [-0.05, 0) is 27.2 Å². The fraction of sp³-hybridized carbons (Fsp3) is 0.824. The highest BCUT2D eigenvalue weighted by molar-refractivity contribution is 5.82. The number of carbonyl (C=O) groups is 3. The first kappa shape index (κ1) is 22.2. The molecule has 150 valence electrons. The number of carbonyl (C=O) groups excluding carboxylic acids is 3. The molecule has 0 aromatic carbocycles. The Morgan fingerprint density at radius 1 is 0.962 bits per heavy atom. The average molecular weight is 373 g/mol. The van der Waals surface area contributed by atoms with E-state index in [2.05, 4.69) is 5.32 Å². The predicted octanol–water partition coefficient (Wildman–Crippen LogP) is 0.235. The van der Waals surface area contributed by atoms with Gasteiger partial charge in [-0.15, -0.1) is 0 Å². The lowest BCUT2D eigenvalue weighted by Crippen LogP contribution is -2.43. The third kappa shape index (κ3) is 9.00. The summed E-state index contributed by atoms with van der Waals surface area (Å²) in [5.41, 5.74) is -0.609. The number of methoxy groups -OCH3 is 1. The summed E-state index contributed by atoms with van der Waals surface area (Å²) in [6.07, 6.45) is 0.0628. The van der Waals surface area contributed by atoms with Crippen LogP contribution in [0.5, 0.6) is 0 Å². The van der Waals surface area contributed by atoms with Gasteiger partial charge in [0.1, 0.15) is 18.8 Å². The van der Waals surface area contributed by atoms with Gasteiger partial charge in [0.05, 0.1) is 13.2 Å². The van der Waals surface area contributed by atoms with E-state index >= 15 is 0 Å². The molecule has 1 rings (SSSR count). The molecular formula is C17H31N3O6. The molecule has 0 bridgehead atoms. The molecule has 0 unspecified atom stereocenters. The highest BCUT2D eigenvalue weighted by Crippen LogP contribution is 2.07. The summed E-state index contributed by atoms with van der Waals surface area (Å²) in [4.78, 5) is 39.3. The summed E-state index contributed by atoms with van der Waals surface area (Å²) in [6, 6.07) is 0. The molecule has 0 aromatic rings. The second kappa shape index (κ2) is 11.0. The lowest BCUT2D eigenvalue weighted by Gasteiger charge is -2.23. The normalized spacial score (nSPS) is 15.4. The van der Waals surface area contributed by atoms with Crippen LogP contribution in [0.1, 0.15) is 27.2 Å². The maximum atomic E-state index is 12.3. The van der Waals surface area contributed by atoms with Crippen molar-refractivity contribution in [2.24, 2.45) is 0 Å². The Balaban J connectivity index is 2.34. The van der Waals surface area contributed by atoms with Crippen molar-refractivity contribution in [2.45, 2.75) is 32.8 Å². The minimum atomic E-state index is -0.620. The van der Waals surface area contributed by atoms with E-state index < -0.39 is 11.7 Å².